The zero-order valence-corrected chi connectivity index (χ0v) is 13.3. The Balaban J connectivity index is 2.71. The number of carbonyl (C=O) groups is 1. The number of pyridine rings is 1. The van der Waals surface area contributed by atoms with Gasteiger partial charge in [-0.1, -0.05) is 0 Å². The normalized spacial score (nSPS) is 13.7. The Labute approximate surface area is 131 Å². The molecule has 1 rings (SSSR count). The van der Waals surface area contributed by atoms with E-state index in [1.165, 1.54) is 4.72 Å². The summed E-state index contributed by atoms with van der Waals surface area (Å²) >= 11 is 2.96. The largest absolute Gasteiger partial charge is 0.511 e. The summed E-state index contributed by atoms with van der Waals surface area (Å²) in [5, 5.41) is 8.88. The van der Waals surface area contributed by atoms with Gasteiger partial charge in [0.2, 0.25) is 5.88 Å². The molecule has 1 heterocycles. The van der Waals surface area contributed by atoms with Crippen LogP contribution in [0.5, 0.6) is 5.88 Å². The topological polar surface area (TPSA) is 106 Å². The summed E-state index contributed by atoms with van der Waals surface area (Å²) in [6.07, 6.45) is 1.14. The average Bonchev–Trinajstić information content (AvgIpc) is 2.35. The van der Waals surface area contributed by atoms with Gasteiger partial charge in [0.25, 0.3) is 0 Å². The van der Waals surface area contributed by atoms with E-state index in [9.17, 15) is 26.4 Å². The van der Waals surface area contributed by atoms with E-state index in [-0.39, 0.29) is 15.9 Å². The van der Waals surface area contributed by atoms with Crippen LogP contribution < -0.4 is 9.46 Å². The molecule has 0 fully saturated rings. The highest BCUT2D eigenvalue weighted by Gasteiger charge is 2.46. The summed E-state index contributed by atoms with van der Waals surface area (Å²) in [6, 6.07) is -0.150. The van der Waals surface area contributed by atoms with Crippen LogP contribution in [0.3, 0.4) is 0 Å². The molecule has 0 bridgehead atoms. The third-order valence-electron chi connectivity index (χ3n) is 2.20. The van der Waals surface area contributed by atoms with Crippen molar-refractivity contribution < 1.29 is 36.2 Å². The maximum absolute atomic E-state index is 12.2. The van der Waals surface area contributed by atoms with E-state index in [1.54, 1.807) is 0 Å². The Hall–Kier alpha value is -1.40. The van der Waals surface area contributed by atoms with E-state index in [2.05, 4.69) is 20.9 Å². The quantitative estimate of drug-likeness (QED) is 0.745. The molecule has 0 aliphatic rings. The van der Waals surface area contributed by atoms with Gasteiger partial charge >= 0.3 is 21.5 Å². The van der Waals surface area contributed by atoms with E-state index in [1.807, 2.05) is 0 Å². The number of alkyl halides is 3. The SMILES string of the molecule is CC(COc1cc(C(=O)O)c(Br)cn1)NS(=O)(=O)C(F)(F)F. The lowest BCUT2D eigenvalue weighted by atomic mass is 10.3. The van der Waals surface area contributed by atoms with Crippen LogP contribution in [0.15, 0.2) is 16.7 Å². The van der Waals surface area contributed by atoms with Gasteiger partial charge < -0.3 is 9.84 Å². The van der Waals surface area contributed by atoms with Crippen LogP contribution in [0.25, 0.3) is 0 Å². The Morgan fingerprint density at radius 3 is 2.64 bits per heavy atom. The molecule has 7 nitrogen and oxygen atoms in total. The van der Waals surface area contributed by atoms with Gasteiger partial charge in [-0.05, 0) is 22.9 Å². The fraction of sp³-hybridized carbons (Fsp3) is 0.400. The standard InChI is InChI=1S/C10H10BrF3N2O5S/c1-5(16-22(19,20)10(12,13)14)4-21-8-2-6(9(17)18)7(11)3-15-8/h2-3,5,16H,4H2,1H3,(H,17,18). The van der Waals surface area contributed by atoms with E-state index < -0.39 is 34.1 Å². The number of rotatable bonds is 6. The number of hydrogen-bond acceptors (Lipinski definition) is 5. The molecular formula is C10H10BrF3N2O5S. The molecule has 12 heteroatoms. The fourth-order valence-electron chi connectivity index (χ4n) is 1.24. The summed E-state index contributed by atoms with van der Waals surface area (Å²) in [4.78, 5) is 14.6. The minimum atomic E-state index is -5.48. The van der Waals surface area contributed by atoms with Gasteiger partial charge in [-0.3, -0.25) is 0 Å². The molecule has 1 aromatic heterocycles. The lowest BCUT2D eigenvalue weighted by Gasteiger charge is -2.16. The molecule has 0 aliphatic carbocycles. The predicted octanol–water partition coefficient (Wildman–Crippen LogP) is 1.75. The number of ether oxygens (including phenoxy) is 1. The first-order valence-electron chi connectivity index (χ1n) is 5.54. The number of sulfonamides is 1. The Bertz CT molecular complexity index is 665. The van der Waals surface area contributed by atoms with Gasteiger partial charge in [-0.2, -0.15) is 13.2 Å². The van der Waals surface area contributed by atoms with E-state index in [0.717, 1.165) is 19.2 Å². The summed E-state index contributed by atoms with van der Waals surface area (Å²) < 4.78 is 64.8. The van der Waals surface area contributed by atoms with Crippen molar-refractivity contribution in [3.05, 3.63) is 22.3 Å². The molecule has 1 aromatic rings. The zero-order chi connectivity index (χ0) is 17.1. The Kier molecular flexibility index (Phi) is 5.76. The lowest BCUT2D eigenvalue weighted by Crippen LogP contribution is -2.43. The Morgan fingerprint density at radius 1 is 1.55 bits per heavy atom. The molecular weight excluding hydrogens is 397 g/mol. The van der Waals surface area contributed by atoms with Gasteiger partial charge in [0.15, 0.2) is 0 Å². The number of carboxylic acid groups (broad SMARTS) is 1. The van der Waals surface area contributed by atoms with Gasteiger partial charge in [-0.25, -0.2) is 22.9 Å². The number of aromatic carboxylic acids is 1. The third-order valence-corrected chi connectivity index (χ3v) is 4.16. The number of nitrogens with zero attached hydrogens (tertiary/aromatic N) is 1. The second kappa shape index (κ2) is 6.79. The first kappa shape index (κ1) is 18.6. The van der Waals surface area contributed by atoms with Gasteiger partial charge in [0, 0.05) is 12.3 Å². The highest BCUT2D eigenvalue weighted by atomic mass is 79.9. The van der Waals surface area contributed by atoms with Crippen molar-refractivity contribution in [3.8, 4) is 5.88 Å². The molecule has 22 heavy (non-hydrogen) atoms. The minimum Gasteiger partial charge on any atom is -0.478 e. The van der Waals surface area contributed by atoms with Crippen LogP contribution in [-0.2, 0) is 10.0 Å². The third kappa shape index (κ3) is 4.81. The van der Waals surface area contributed by atoms with E-state index in [4.69, 9.17) is 9.84 Å². The minimum absolute atomic E-state index is 0.159. The van der Waals surface area contributed by atoms with Gasteiger partial charge in [0.05, 0.1) is 16.1 Å². The molecule has 2 N–H and O–H groups in total. The first-order valence-corrected chi connectivity index (χ1v) is 7.82. The molecule has 0 spiro atoms. The van der Waals surface area contributed by atoms with Crippen LogP contribution in [0.2, 0.25) is 0 Å². The van der Waals surface area contributed by atoms with Crippen molar-refractivity contribution >= 4 is 31.9 Å². The highest BCUT2D eigenvalue weighted by Crippen LogP contribution is 2.22. The molecule has 1 atom stereocenters. The monoisotopic (exact) mass is 406 g/mol. The fourth-order valence-corrected chi connectivity index (χ4v) is 2.36. The second-order valence-corrected chi connectivity index (χ2v) is 6.65. The maximum Gasteiger partial charge on any atom is 0.511 e. The zero-order valence-electron chi connectivity index (χ0n) is 10.9. The molecule has 0 aliphatic heterocycles. The van der Waals surface area contributed by atoms with Gasteiger partial charge in [0.1, 0.15) is 6.61 Å². The molecule has 0 aromatic carbocycles. The summed E-state index contributed by atoms with van der Waals surface area (Å²) in [5.74, 6) is -1.43. The highest BCUT2D eigenvalue weighted by molar-refractivity contribution is 9.10. The number of hydrogen-bond donors (Lipinski definition) is 2. The van der Waals surface area contributed by atoms with Crippen LogP contribution in [0.1, 0.15) is 17.3 Å². The average molecular weight is 407 g/mol. The summed E-state index contributed by atoms with van der Waals surface area (Å²) in [6.45, 7) is 0.684. The first-order chi connectivity index (χ1) is 9.94. The smallest absolute Gasteiger partial charge is 0.478 e. The maximum atomic E-state index is 12.2. The molecule has 0 saturated carbocycles. The van der Waals surface area contributed by atoms with Crippen LogP contribution in [0.4, 0.5) is 13.2 Å². The van der Waals surface area contributed by atoms with E-state index >= 15 is 0 Å². The second-order valence-electron chi connectivity index (χ2n) is 4.09. The van der Waals surface area contributed by atoms with Gasteiger partial charge in [-0.15, -0.1) is 0 Å². The van der Waals surface area contributed by atoms with Crippen LogP contribution in [-0.4, -0.2) is 42.6 Å². The predicted molar refractivity (Wildman–Crippen MR) is 72.0 cm³/mol. The molecule has 0 amide bonds. The van der Waals surface area contributed by atoms with Crippen LogP contribution >= 0.6 is 15.9 Å². The van der Waals surface area contributed by atoms with Crippen LogP contribution in [0, 0.1) is 0 Å². The number of carboxylic acids is 1. The lowest BCUT2D eigenvalue weighted by molar-refractivity contribution is -0.0451. The van der Waals surface area contributed by atoms with Crippen molar-refractivity contribution in [2.75, 3.05) is 6.61 Å². The summed E-state index contributed by atoms with van der Waals surface area (Å²) in [5.41, 5.74) is -5.58. The van der Waals surface area contributed by atoms with Crippen molar-refractivity contribution in [3.63, 3.8) is 0 Å². The number of halogens is 4. The van der Waals surface area contributed by atoms with E-state index in [0.29, 0.717) is 0 Å². The Morgan fingerprint density at radius 2 is 2.14 bits per heavy atom. The molecule has 1 unspecified atom stereocenters. The van der Waals surface area contributed by atoms with Crippen molar-refractivity contribution in [2.45, 2.75) is 18.5 Å². The van der Waals surface area contributed by atoms with Crippen molar-refractivity contribution in [1.82, 2.24) is 9.71 Å². The molecule has 0 saturated heterocycles. The van der Waals surface area contributed by atoms with Crippen molar-refractivity contribution in [2.24, 2.45) is 0 Å². The molecule has 124 valence electrons. The number of nitrogens with one attached hydrogen (secondary N) is 1. The van der Waals surface area contributed by atoms with Crippen molar-refractivity contribution in [1.29, 1.82) is 0 Å². The summed E-state index contributed by atoms with van der Waals surface area (Å²) in [7, 11) is -5.48. The number of aromatic nitrogens is 1. The molecule has 0 radical (unpaired) electrons.